The Labute approximate surface area is 127 Å². The summed E-state index contributed by atoms with van der Waals surface area (Å²) in [5, 5.41) is 5.21. The lowest BCUT2D eigenvalue weighted by Crippen LogP contribution is -2.19. The van der Waals surface area contributed by atoms with Crippen LogP contribution in [0.2, 0.25) is 0 Å². The number of hydrogen-bond acceptors (Lipinski definition) is 2. The summed E-state index contributed by atoms with van der Waals surface area (Å²) in [7, 11) is 1.85. The van der Waals surface area contributed by atoms with Gasteiger partial charge in [0.25, 0.3) is 0 Å². The molecule has 0 saturated heterocycles. The summed E-state index contributed by atoms with van der Waals surface area (Å²) >= 11 is 8.46. The summed E-state index contributed by atoms with van der Waals surface area (Å²) in [5.41, 5.74) is 0.695. The van der Waals surface area contributed by atoms with Gasteiger partial charge >= 0.3 is 0 Å². The van der Waals surface area contributed by atoms with Gasteiger partial charge in [-0.05, 0) is 46.6 Å². The van der Waals surface area contributed by atoms with E-state index in [0.717, 1.165) is 15.4 Å². The molecule has 0 bridgehead atoms. The SMILES string of the molecule is CNC(Cc1sccc1Br)c1ccc(Br)cc1F. The second-order valence-corrected chi connectivity index (χ2v) is 6.67. The zero-order chi connectivity index (χ0) is 13.1. The van der Waals surface area contributed by atoms with Crippen molar-refractivity contribution in [1.82, 2.24) is 5.32 Å². The van der Waals surface area contributed by atoms with Gasteiger partial charge in [0, 0.05) is 31.8 Å². The topological polar surface area (TPSA) is 12.0 Å². The Morgan fingerprint density at radius 3 is 2.67 bits per heavy atom. The maximum atomic E-state index is 13.9. The molecule has 2 rings (SSSR count). The monoisotopic (exact) mass is 391 g/mol. The minimum absolute atomic E-state index is 0.0203. The molecule has 0 spiro atoms. The molecule has 5 heteroatoms. The molecular formula is C13H12Br2FNS. The molecule has 1 unspecified atom stereocenters. The summed E-state index contributed by atoms with van der Waals surface area (Å²) in [5.74, 6) is -0.184. The highest BCUT2D eigenvalue weighted by molar-refractivity contribution is 9.10. The van der Waals surface area contributed by atoms with Gasteiger partial charge < -0.3 is 5.32 Å². The summed E-state index contributed by atoms with van der Waals surface area (Å²) in [6.07, 6.45) is 0.771. The van der Waals surface area contributed by atoms with Crippen molar-refractivity contribution in [2.24, 2.45) is 0 Å². The van der Waals surface area contributed by atoms with Crippen LogP contribution in [0.4, 0.5) is 4.39 Å². The highest BCUT2D eigenvalue weighted by Gasteiger charge is 2.16. The molecule has 1 heterocycles. The number of likely N-dealkylation sites (N-methyl/N-ethyl adjacent to an activating group) is 1. The third-order valence-corrected chi connectivity index (χ3v) is 5.21. The molecule has 1 nitrogen and oxygen atoms in total. The van der Waals surface area contributed by atoms with E-state index in [0.29, 0.717) is 5.56 Å². The van der Waals surface area contributed by atoms with Crippen molar-refractivity contribution in [2.45, 2.75) is 12.5 Å². The van der Waals surface area contributed by atoms with E-state index in [9.17, 15) is 4.39 Å². The van der Waals surface area contributed by atoms with Crippen molar-refractivity contribution in [3.05, 3.63) is 54.8 Å². The normalized spacial score (nSPS) is 12.7. The first-order chi connectivity index (χ1) is 8.61. The molecule has 0 fully saturated rings. The van der Waals surface area contributed by atoms with Gasteiger partial charge in [-0.15, -0.1) is 11.3 Å². The minimum Gasteiger partial charge on any atom is -0.313 e. The van der Waals surface area contributed by atoms with Crippen LogP contribution in [-0.4, -0.2) is 7.05 Å². The average molecular weight is 393 g/mol. The summed E-state index contributed by atoms with van der Waals surface area (Å²) in [6.45, 7) is 0. The van der Waals surface area contributed by atoms with Gasteiger partial charge in [-0.3, -0.25) is 0 Å². The highest BCUT2D eigenvalue weighted by atomic mass is 79.9. The molecule has 1 N–H and O–H groups in total. The first-order valence-corrected chi connectivity index (χ1v) is 7.92. The van der Waals surface area contributed by atoms with Crippen LogP contribution < -0.4 is 5.32 Å². The van der Waals surface area contributed by atoms with Gasteiger partial charge in [-0.1, -0.05) is 22.0 Å². The lowest BCUT2D eigenvalue weighted by atomic mass is 10.0. The third-order valence-electron chi connectivity index (χ3n) is 2.77. The molecule has 0 aliphatic heterocycles. The van der Waals surface area contributed by atoms with Crippen molar-refractivity contribution >= 4 is 43.2 Å². The van der Waals surface area contributed by atoms with Crippen LogP contribution in [0, 0.1) is 5.82 Å². The number of rotatable bonds is 4. The van der Waals surface area contributed by atoms with E-state index >= 15 is 0 Å². The van der Waals surface area contributed by atoms with Crippen LogP contribution in [-0.2, 0) is 6.42 Å². The van der Waals surface area contributed by atoms with Gasteiger partial charge in [0.15, 0.2) is 0 Å². The number of hydrogen-bond donors (Lipinski definition) is 1. The number of benzene rings is 1. The van der Waals surface area contributed by atoms with Gasteiger partial charge in [-0.25, -0.2) is 4.39 Å². The lowest BCUT2D eigenvalue weighted by molar-refractivity contribution is 0.535. The molecule has 0 radical (unpaired) electrons. The molecule has 96 valence electrons. The molecule has 0 saturated carbocycles. The van der Waals surface area contributed by atoms with Crippen LogP contribution in [0.1, 0.15) is 16.5 Å². The van der Waals surface area contributed by atoms with E-state index in [4.69, 9.17) is 0 Å². The molecule has 0 aliphatic carbocycles. The second kappa shape index (κ2) is 6.28. The lowest BCUT2D eigenvalue weighted by Gasteiger charge is -2.17. The fourth-order valence-electron chi connectivity index (χ4n) is 1.81. The molecule has 1 aromatic heterocycles. The Balaban J connectivity index is 2.26. The Morgan fingerprint density at radius 1 is 1.33 bits per heavy atom. The Bertz CT molecular complexity index is 542. The molecule has 0 amide bonds. The summed E-state index contributed by atoms with van der Waals surface area (Å²) in [6, 6.07) is 7.19. The van der Waals surface area contributed by atoms with Crippen LogP contribution in [0.25, 0.3) is 0 Å². The van der Waals surface area contributed by atoms with Crippen molar-refractivity contribution in [3.63, 3.8) is 0 Å². The molecule has 18 heavy (non-hydrogen) atoms. The average Bonchev–Trinajstić information content (AvgIpc) is 2.73. The zero-order valence-electron chi connectivity index (χ0n) is 9.71. The van der Waals surface area contributed by atoms with Gasteiger partial charge in [-0.2, -0.15) is 0 Å². The summed E-state index contributed by atoms with van der Waals surface area (Å²) in [4.78, 5) is 1.22. The van der Waals surface area contributed by atoms with Crippen LogP contribution in [0.3, 0.4) is 0 Å². The molecule has 2 aromatic rings. The van der Waals surface area contributed by atoms with Crippen molar-refractivity contribution in [3.8, 4) is 0 Å². The Hall–Kier alpha value is -0.230. The van der Waals surface area contributed by atoms with Crippen LogP contribution in [0.5, 0.6) is 0 Å². The smallest absolute Gasteiger partial charge is 0.129 e. The maximum absolute atomic E-state index is 13.9. The van der Waals surface area contributed by atoms with E-state index in [1.807, 2.05) is 30.6 Å². The second-order valence-electron chi connectivity index (χ2n) is 3.90. The predicted octanol–water partition coefficient (Wildman–Crippen LogP) is 4.92. The number of nitrogens with one attached hydrogen (secondary N) is 1. The van der Waals surface area contributed by atoms with E-state index in [1.54, 1.807) is 11.3 Å². The third kappa shape index (κ3) is 3.20. The minimum atomic E-state index is -0.184. The van der Waals surface area contributed by atoms with Crippen LogP contribution in [0.15, 0.2) is 38.6 Å². The van der Waals surface area contributed by atoms with E-state index in [2.05, 4.69) is 37.2 Å². The van der Waals surface area contributed by atoms with Crippen molar-refractivity contribution < 1.29 is 4.39 Å². The summed E-state index contributed by atoms with van der Waals surface area (Å²) < 4.78 is 15.8. The molecule has 1 aromatic carbocycles. The number of halogens is 3. The molecular weight excluding hydrogens is 381 g/mol. The highest BCUT2D eigenvalue weighted by Crippen LogP contribution is 2.29. The van der Waals surface area contributed by atoms with Crippen LogP contribution >= 0.6 is 43.2 Å². The zero-order valence-corrected chi connectivity index (χ0v) is 13.7. The van der Waals surface area contributed by atoms with E-state index in [-0.39, 0.29) is 11.9 Å². The first-order valence-electron chi connectivity index (χ1n) is 5.46. The fraction of sp³-hybridized carbons (Fsp3) is 0.231. The van der Waals surface area contributed by atoms with Gasteiger partial charge in [0.1, 0.15) is 5.82 Å². The predicted molar refractivity (Wildman–Crippen MR) is 81.6 cm³/mol. The quantitative estimate of drug-likeness (QED) is 0.778. The molecule has 1 atom stereocenters. The maximum Gasteiger partial charge on any atom is 0.129 e. The largest absolute Gasteiger partial charge is 0.313 e. The van der Waals surface area contributed by atoms with E-state index in [1.165, 1.54) is 10.9 Å². The van der Waals surface area contributed by atoms with Gasteiger partial charge in [0.2, 0.25) is 0 Å². The first kappa shape index (κ1) is 14.2. The Kier molecular flexibility index (Phi) is 4.95. The van der Waals surface area contributed by atoms with E-state index < -0.39 is 0 Å². The Morgan fingerprint density at radius 2 is 2.11 bits per heavy atom. The molecule has 0 aliphatic rings. The van der Waals surface area contributed by atoms with Gasteiger partial charge in [0.05, 0.1) is 0 Å². The fourth-order valence-corrected chi connectivity index (χ4v) is 3.70. The number of thiophene rings is 1. The van der Waals surface area contributed by atoms with Crippen molar-refractivity contribution in [2.75, 3.05) is 7.05 Å². The standard InChI is InChI=1S/C13H12Br2FNS/c1-17-12(7-13-10(15)4-5-18-13)9-3-2-8(14)6-11(9)16/h2-6,12,17H,7H2,1H3. The van der Waals surface area contributed by atoms with Crippen molar-refractivity contribution in [1.29, 1.82) is 0 Å².